The molecule has 0 aliphatic carbocycles. The topological polar surface area (TPSA) is 58.4 Å². The molecule has 1 aliphatic rings. The average molecular weight is 241 g/mol. The first-order chi connectivity index (χ1) is 7.91. The maximum Gasteiger partial charge on any atom is 0.237 e. The molecule has 0 aromatic carbocycles. The van der Waals surface area contributed by atoms with Gasteiger partial charge in [0.05, 0.1) is 6.04 Å². The largest absolute Gasteiger partial charge is 0.350 e. The van der Waals surface area contributed by atoms with Gasteiger partial charge in [-0.3, -0.25) is 9.69 Å². The monoisotopic (exact) mass is 241 g/mol. The standard InChI is InChI=1S/C13H27N3O/c1-5-13(3,4)15-12(17)10(2)16-8-6-7-11(16)9-14/h10-11H,5-9,14H2,1-4H3,(H,15,17). The zero-order chi connectivity index (χ0) is 13.1. The number of amides is 1. The molecule has 4 nitrogen and oxygen atoms in total. The second-order valence-electron chi connectivity index (χ2n) is 5.67. The van der Waals surface area contributed by atoms with Gasteiger partial charge in [-0.2, -0.15) is 0 Å². The third-order valence-corrected chi connectivity index (χ3v) is 3.92. The van der Waals surface area contributed by atoms with Gasteiger partial charge in [0.1, 0.15) is 0 Å². The Morgan fingerprint density at radius 3 is 2.76 bits per heavy atom. The van der Waals surface area contributed by atoms with Crippen LogP contribution in [-0.4, -0.2) is 41.5 Å². The van der Waals surface area contributed by atoms with Crippen LogP contribution in [0.4, 0.5) is 0 Å². The predicted octanol–water partition coefficient (Wildman–Crippen LogP) is 1.10. The lowest BCUT2D eigenvalue weighted by molar-refractivity contribution is -0.127. The van der Waals surface area contributed by atoms with Crippen molar-refractivity contribution in [1.29, 1.82) is 0 Å². The smallest absolute Gasteiger partial charge is 0.237 e. The summed E-state index contributed by atoms with van der Waals surface area (Å²) >= 11 is 0. The van der Waals surface area contributed by atoms with Crippen LogP contribution < -0.4 is 11.1 Å². The Hall–Kier alpha value is -0.610. The molecule has 0 aromatic heterocycles. The molecule has 0 aromatic rings. The first-order valence-electron chi connectivity index (χ1n) is 6.69. The lowest BCUT2D eigenvalue weighted by Gasteiger charge is -2.32. The van der Waals surface area contributed by atoms with Crippen molar-refractivity contribution in [2.24, 2.45) is 5.73 Å². The highest BCUT2D eigenvalue weighted by atomic mass is 16.2. The van der Waals surface area contributed by atoms with Gasteiger partial charge in [-0.05, 0) is 46.6 Å². The van der Waals surface area contributed by atoms with E-state index in [1.54, 1.807) is 0 Å². The van der Waals surface area contributed by atoms with Gasteiger partial charge >= 0.3 is 0 Å². The summed E-state index contributed by atoms with van der Waals surface area (Å²) in [7, 11) is 0. The average Bonchev–Trinajstić information content (AvgIpc) is 2.75. The highest BCUT2D eigenvalue weighted by Gasteiger charge is 2.32. The number of hydrogen-bond donors (Lipinski definition) is 2. The molecule has 1 amide bonds. The van der Waals surface area contributed by atoms with Crippen molar-refractivity contribution in [3.63, 3.8) is 0 Å². The van der Waals surface area contributed by atoms with Gasteiger partial charge < -0.3 is 11.1 Å². The highest BCUT2D eigenvalue weighted by molar-refractivity contribution is 5.82. The zero-order valence-corrected chi connectivity index (χ0v) is 11.6. The third-order valence-electron chi connectivity index (χ3n) is 3.92. The van der Waals surface area contributed by atoms with Crippen LogP contribution in [0.15, 0.2) is 0 Å². The molecule has 2 atom stereocenters. The normalized spacial score (nSPS) is 23.7. The summed E-state index contributed by atoms with van der Waals surface area (Å²) in [5.74, 6) is 0.122. The maximum absolute atomic E-state index is 12.2. The fraction of sp³-hybridized carbons (Fsp3) is 0.923. The molecular formula is C13H27N3O. The van der Waals surface area contributed by atoms with Crippen molar-refractivity contribution in [3.05, 3.63) is 0 Å². The summed E-state index contributed by atoms with van der Waals surface area (Å²) in [5.41, 5.74) is 5.62. The molecule has 100 valence electrons. The van der Waals surface area contributed by atoms with Crippen molar-refractivity contribution in [2.75, 3.05) is 13.1 Å². The molecule has 3 N–H and O–H groups in total. The summed E-state index contributed by atoms with van der Waals surface area (Å²) in [6.45, 7) is 9.82. The highest BCUT2D eigenvalue weighted by Crippen LogP contribution is 2.20. The number of nitrogens with zero attached hydrogens (tertiary/aromatic N) is 1. The SMILES string of the molecule is CCC(C)(C)NC(=O)C(C)N1CCCC1CN. The van der Waals surface area contributed by atoms with Crippen LogP contribution in [0.5, 0.6) is 0 Å². The van der Waals surface area contributed by atoms with Gasteiger partial charge in [0, 0.05) is 18.1 Å². The molecule has 0 saturated carbocycles. The van der Waals surface area contributed by atoms with Crippen molar-refractivity contribution in [3.8, 4) is 0 Å². The van der Waals surface area contributed by atoms with Gasteiger partial charge in [0.15, 0.2) is 0 Å². The Bertz CT molecular complexity index is 265. The van der Waals surface area contributed by atoms with E-state index in [2.05, 4.69) is 31.0 Å². The molecule has 17 heavy (non-hydrogen) atoms. The minimum absolute atomic E-state index is 0.0723. The van der Waals surface area contributed by atoms with Crippen LogP contribution in [0.2, 0.25) is 0 Å². The number of carbonyl (C=O) groups excluding carboxylic acids is 1. The molecule has 1 rings (SSSR count). The second kappa shape index (κ2) is 5.83. The van der Waals surface area contributed by atoms with Gasteiger partial charge in [0.25, 0.3) is 0 Å². The van der Waals surface area contributed by atoms with Crippen molar-refractivity contribution in [1.82, 2.24) is 10.2 Å². The fourth-order valence-corrected chi connectivity index (χ4v) is 2.30. The third kappa shape index (κ3) is 3.68. The maximum atomic E-state index is 12.2. The van der Waals surface area contributed by atoms with E-state index in [1.807, 2.05) is 6.92 Å². The molecule has 1 saturated heterocycles. The molecule has 2 unspecified atom stereocenters. The lowest BCUT2D eigenvalue weighted by Crippen LogP contribution is -2.53. The number of nitrogens with two attached hydrogens (primary N) is 1. The van der Waals surface area contributed by atoms with Gasteiger partial charge in [-0.15, -0.1) is 0 Å². The first kappa shape index (κ1) is 14.5. The minimum Gasteiger partial charge on any atom is -0.350 e. The van der Waals surface area contributed by atoms with E-state index in [1.165, 1.54) is 0 Å². The molecule has 0 bridgehead atoms. The summed E-state index contributed by atoms with van der Waals surface area (Å²) in [4.78, 5) is 14.4. The quantitative estimate of drug-likeness (QED) is 0.758. The molecule has 4 heteroatoms. The summed E-state index contributed by atoms with van der Waals surface area (Å²) in [5, 5.41) is 3.11. The Morgan fingerprint density at radius 1 is 1.59 bits per heavy atom. The van der Waals surface area contributed by atoms with Crippen LogP contribution in [-0.2, 0) is 4.79 Å². The molecular weight excluding hydrogens is 214 g/mol. The Kier molecular flexibility index (Phi) is 4.95. The molecule has 0 radical (unpaired) electrons. The van der Waals surface area contributed by atoms with E-state index in [4.69, 9.17) is 5.73 Å². The summed E-state index contributed by atoms with van der Waals surface area (Å²) in [6.07, 6.45) is 3.20. The Balaban J connectivity index is 2.57. The lowest BCUT2D eigenvalue weighted by atomic mass is 10.0. The minimum atomic E-state index is -0.122. The number of hydrogen-bond acceptors (Lipinski definition) is 3. The van der Waals surface area contributed by atoms with Crippen LogP contribution in [0.25, 0.3) is 0 Å². The van der Waals surface area contributed by atoms with E-state index >= 15 is 0 Å². The van der Waals surface area contributed by atoms with Crippen LogP contribution >= 0.6 is 0 Å². The van der Waals surface area contributed by atoms with Crippen LogP contribution in [0, 0.1) is 0 Å². The van der Waals surface area contributed by atoms with Gasteiger partial charge in [-0.25, -0.2) is 0 Å². The number of carbonyl (C=O) groups is 1. The van der Waals surface area contributed by atoms with Gasteiger partial charge in [0.2, 0.25) is 5.91 Å². The van der Waals surface area contributed by atoms with Crippen LogP contribution in [0.1, 0.15) is 47.0 Å². The van der Waals surface area contributed by atoms with Crippen LogP contribution in [0.3, 0.4) is 0 Å². The summed E-state index contributed by atoms with van der Waals surface area (Å²) < 4.78 is 0. The number of rotatable bonds is 5. The van der Waals surface area contributed by atoms with Crippen molar-refractivity contribution < 1.29 is 4.79 Å². The summed E-state index contributed by atoms with van der Waals surface area (Å²) in [6, 6.07) is 0.303. The van der Waals surface area contributed by atoms with E-state index in [-0.39, 0.29) is 17.5 Å². The molecule has 1 aliphatic heterocycles. The zero-order valence-electron chi connectivity index (χ0n) is 11.6. The molecule has 1 heterocycles. The second-order valence-corrected chi connectivity index (χ2v) is 5.67. The Labute approximate surface area is 105 Å². The number of nitrogens with one attached hydrogen (secondary N) is 1. The van der Waals surface area contributed by atoms with E-state index in [9.17, 15) is 4.79 Å². The Morgan fingerprint density at radius 2 is 2.24 bits per heavy atom. The fourth-order valence-electron chi connectivity index (χ4n) is 2.30. The van der Waals surface area contributed by atoms with E-state index < -0.39 is 0 Å². The van der Waals surface area contributed by atoms with Crippen molar-refractivity contribution in [2.45, 2.75) is 64.6 Å². The van der Waals surface area contributed by atoms with E-state index in [0.29, 0.717) is 12.6 Å². The van der Waals surface area contributed by atoms with Gasteiger partial charge in [-0.1, -0.05) is 6.92 Å². The van der Waals surface area contributed by atoms with E-state index in [0.717, 1.165) is 25.8 Å². The first-order valence-corrected chi connectivity index (χ1v) is 6.69. The molecule has 0 spiro atoms. The number of likely N-dealkylation sites (tertiary alicyclic amines) is 1. The predicted molar refractivity (Wildman–Crippen MR) is 70.8 cm³/mol. The molecule has 1 fully saturated rings. The van der Waals surface area contributed by atoms with Crippen molar-refractivity contribution >= 4 is 5.91 Å².